The van der Waals surface area contributed by atoms with Gasteiger partial charge in [-0.1, -0.05) is 141 Å². The van der Waals surface area contributed by atoms with Crippen LogP contribution in [0.4, 0.5) is 0 Å². The van der Waals surface area contributed by atoms with Gasteiger partial charge in [0.2, 0.25) is 0 Å². The van der Waals surface area contributed by atoms with E-state index < -0.39 is 0 Å². The number of carbonyl (C=O) groups is 2. The molecular weight excluding hydrogens is 765 g/mol. The average molecular weight is 853 g/mol. The topological polar surface area (TPSA) is 34.1 Å². The highest BCUT2D eigenvalue weighted by molar-refractivity contribution is 6.26. The van der Waals surface area contributed by atoms with Crippen molar-refractivity contribution >= 4 is 11.6 Å². The lowest BCUT2D eigenvalue weighted by Crippen LogP contribution is -2.20. The van der Waals surface area contributed by atoms with Gasteiger partial charge in [-0.15, -0.1) is 0 Å². The van der Waals surface area contributed by atoms with Crippen LogP contribution in [-0.2, 0) is 0 Å². The van der Waals surface area contributed by atoms with E-state index >= 15 is 0 Å². The molecule has 2 rings (SSSR count). The van der Waals surface area contributed by atoms with Crippen molar-refractivity contribution in [3.05, 3.63) is 163 Å². The predicted molar refractivity (Wildman–Crippen MR) is 279 cm³/mol. The molecule has 0 fully saturated rings. The van der Waals surface area contributed by atoms with Gasteiger partial charge in [0.15, 0.2) is 11.6 Å². The molecule has 0 bridgehead atoms. The second-order valence-corrected chi connectivity index (χ2v) is 19.1. The maximum atomic E-state index is 13.1. The van der Waals surface area contributed by atoms with Crippen LogP contribution in [0.3, 0.4) is 0 Å². The summed E-state index contributed by atoms with van der Waals surface area (Å²) in [5.74, 6) is -0.0320. The maximum Gasteiger partial charge on any atom is 0.190 e. The zero-order chi connectivity index (χ0) is 46.6. The van der Waals surface area contributed by atoms with E-state index in [1.807, 2.05) is 12.1 Å². The second-order valence-electron chi connectivity index (χ2n) is 19.1. The third kappa shape index (κ3) is 24.4. The van der Waals surface area contributed by atoms with Crippen molar-refractivity contribution in [3.8, 4) is 0 Å². The van der Waals surface area contributed by atoms with E-state index in [1.165, 1.54) is 75.0 Å². The Balaban J connectivity index is 1.59. The van der Waals surface area contributed by atoms with Crippen LogP contribution in [0.25, 0.3) is 0 Å². The monoisotopic (exact) mass is 853 g/mol. The molecule has 0 aromatic heterocycles. The lowest BCUT2D eigenvalue weighted by molar-refractivity contribution is 0.0973. The number of hydrogen-bond acceptors (Lipinski definition) is 2. The van der Waals surface area contributed by atoms with Crippen LogP contribution in [0.5, 0.6) is 0 Å². The Hall–Kier alpha value is -4.30. The average Bonchev–Trinajstić information content (AvgIpc) is 3.22. The van der Waals surface area contributed by atoms with Crippen LogP contribution in [0.1, 0.15) is 226 Å². The van der Waals surface area contributed by atoms with Gasteiger partial charge >= 0.3 is 0 Å². The molecule has 1 aromatic rings. The first-order valence-electron chi connectivity index (χ1n) is 24.5. The molecule has 1 aliphatic rings. The number of hydrogen-bond donors (Lipinski definition) is 0. The summed E-state index contributed by atoms with van der Waals surface area (Å²) in [5, 5.41) is 0. The Morgan fingerprint density at radius 1 is 0.349 bits per heavy atom. The molecule has 0 radical (unpaired) electrons. The van der Waals surface area contributed by atoms with Crippen LogP contribution in [0, 0.1) is 0 Å². The first kappa shape index (κ1) is 54.8. The quantitative estimate of drug-likeness (QED) is 0.0753. The van der Waals surface area contributed by atoms with Crippen LogP contribution in [-0.4, -0.2) is 11.6 Å². The standard InChI is InChI=1S/C61H88O2/c1-46(2)24-15-25-47(3)26-16-27-48(4)28-17-29-49(5)30-18-31-50(6)32-19-33-51(7)34-20-35-52(8)36-21-37-53(9)38-22-39-54(10)40-23-41-55(11)44-45-57-56(12)60(62)58-42-13-14-43-59(58)61(57)63/h13-14,24,26,28,30,32,34,36,38,40,42-44H,15-23,25,27,29,31,33,35,37,39,41,45H2,1-12H3/b47-26+,48-28+,49-30+,50-32+,51-34+,52-36+,53-38+,54-40+,55-44+. The highest BCUT2D eigenvalue weighted by Crippen LogP contribution is 2.29. The summed E-state index contributed by atoms with van der Waals surface area (Å²) in [6, 6.07) is 7.17. The molecule has 0 heterocycles. The summed E-state index contributed by atoms with van der Waals surface area (Å²) in [5.41, 5.74) is 17.0. The Morgan fingerprint density at radius 2 is 0.587 bits per heavy atom. The van der Waals surface area contributed by atoms with Crippen molar-refractivity contribution < 1.29 is 9.59 Å². The first-order valence-corrected chi connectivity index (χ1v) is 24.5. The molecule has 0 aliphatic heterocycles. The molecule has 0 amide bonds. The minimum Gasteiger partial charge on any atom is -0.289 e. The molecule has 2 nitrogen and oxygen atoms in total. The van der Waals surface area contributed by atoms with Crippen LogP contribution < -0.4 is 0 Å². The molecule has 0 unspecified atom stereocenters. The zero-order valence-corrected chi connectivity index (χ0v) is 42.3. The van der Waals surface area contributed by atoms with Gasteiger partial charge in [-0.2, -0.15) is 0 Å². The fourth-order valence-electron chi connectivity index (χ4n) is 7.95. The number of fused-ring (bicyclic) bond motifs is 1. The van der Waals surface area contributed by atoms with E-state index in [9.17, 15) is 9.59 Å². The summed E-state index contributed by atoms with van der Waals surface area (Å²) < 4.78 is 0. The Kier molecular flexibility index (Phi) is 27.4. The van der Waals surface area contributed by atoms with Crippen molar-refractivity contribution in [2.45, 2.75) is 205 Å². The Morgan fingerprint density at radius 3 is 0.857 bits per heavy atom. The second kappa shape index (κ2) is 31.5. The molecule has 0 spiro atoms. The van der Waals surface area contributed by atoms with Gasteiger partial charge in [0.1, 0.15) is 0 Å². The third-order valence-corrected chi connectivity index (χ3v) is 12.5. The number of allylic oxidation sites excluding steroid dienone is 22. The van der Waals surface area contributed by atoms with Gasteiger partial charge in [-0.25, -0.2) is 0 Å². The molecule has 2 heteroatoms. The number of benzene rings is 1. The Labute approximate surface area is 387 Å². The van der Waals surface area contributed by atoms with Gasteiger partial charge in [0, 0.05) is 22.3 Å². The summed E-state index contributed by atoms with van der Waals surface area (Å²) in [6.45, 7) is 26.5. The van der Waals surface area contributed by atoms with E-state index in [4.69, 9.17) is 0 Å². The normalized spacial score (nSPS) is 15.5. The minimum absolute atomic E-state index is 0.00877. The van der Waals surface area contributed by atoms with E-state index in [-0.39, 0.29) is 11.6 Å². The number of carbonyl (C=O) groups excluding carboxylic acids is 2. The van der Waals surface area contributed by atoms with Crippen LogP contribution in [0.15, 0.2) is 152 Å². The summed E-state index contributed by atoms with van der Waals surface area (Å²) in [7, 11) is 0. The third-order valence-electron chi connectivity index (χ3n) is 12.5. The molecule has 0 atom stereocenters. The van der Waals surface area contributed by atoms with Crippen molar-refractivity contribution in [1.29, 1.82) is 0 Å². The molecule has 344 valence electrons. The van der Waals surface area contributed by atoms with E-state index in [1.54, 1.807) is 19.1 Å². The summed E-state index contributed by atoms with van der Waals surface area (Å²) in [4.78, 5) is 25.8. The van der Waals surface area contributed by atoms with Crippen molar-refractivity contribution in [2.75, 3.05) is 0 Å². The van der Waals surface area contributed by atoms with Gasteiger partial charge in [0.05, 0.1) is 0 Å². The first-order chi connectivity index (χ1) is 30.1. The van der Waals surface area contributed by atoms with E-state index in [0.717, 1.165) is 96.3 Å². The van der Waals surface area contributed by atoms with Crippen molar-refractivity contribution in [2.24, 2.45) is 0 Å². The highest BCUT2D eigenvalue weighted by Gasteiger charge is 2.28. The minimum atomic E-state index is -0.0232. The summed E-state index contributed by atoms with van der Waals surface area (Å²) in [6.07, 6.45) is 44.7. The van der Waals surface area contributed by atoms with Gasteiger partial charge < -0.3 is 0 Å². The van der Waals surface area contributed by atoms with Gasteiger partial charge in [0.25, 0.3) is 0 Å². The molecular formula is C61H88O2. The Bertz CT molecular complexity index is 1980. The number of rotatable bonds is 29. The molecule has 1 aromatic carbocycles. The van der Waals surface area contributed by atoms with E-state index in [0.29, 0.717) is 28.7 Å². The van der Waals surface area contributed by atoms with Crippen molar-refractivity contribution in [1.82, 2.24) is 0 Å². The lowest BCUT2D eigenvalue weighted by Gasteiger charge is -2.18. The molecule has 0 N–H and O–H groups in total. The molecule has 0 saturated heterocycles. The highest BCUT2D eigenvalue weighted by atomic mass is 16.1. The van der Waals surface area contributed by atoms with Gasteiger partial charge in [-0.05, 0) is 205 Å². The molecule has 63 heavy (non-hydrogen) atoms. The van der Waals surface area contributed by atoms with E-state index in [2.05, 4.69) is 137 Å². The van der Waals surface area contributed by atoms with Crippen LogP contribution in [0.2, 0.25) is 0 Å². The lowest BCUT2D eigenvalue weighted by atomic mass is 9.83. The van der Waals surface area contributed by atoms with Crippen molar-refractivity contribution in [3.63, 3.8) is 0 Å². The maximum absolute atomic E-state index is 13.1. The van der Waals surface area contributed by atoms with Gasteiger partial charge in [-0.3, -0.25) is 9.59 Å². The molecule has 0 saturated carbocycles. The fourth-order valence-corrected chi connectivity index (χ4v) is 7.95. The van der Waals surface area contributed by atoms with Crippen LogP contribution >= 0.6 is 0 Å². The predicted octanol–water partition coefficient (Wildman–Crippen LogP) is 19.3. The molecule has 1 aliphatic carbocycles. The number of ketones is 2. The summed E-state index contributed by atoms with van der Waals surface area (Å²) >= 11 is 0. The SMILES string of the molecule is CC(C)=CCC/C(C)=C/CC/C(C)=C/CC/C(C)=C/CC/C(C)=C/CC/C(C)=C/CC/C(C)=C/CC/C(C)=C/CC/C(C)=C/CC/C(C)=C/CC1=C(C)C(=O)c2ccccc2C1=O. The smallest absolute Gasteiger partial charge is 0.190 e. The largest absolute Gasteiger partial charge is 0.289 e. The fraction of sp³-hybridized carbons (Fsp3) is 0.508. The number of Topliss-reactive ketones (excluding diaryl/α,β-unsaturated/α-hetero) is 2. The zero-order valence-electron chi connectivity index (χ0n) is 42.3.